The summed E-state index contributed by atoms with van der Waals surface area (Å²) >= 11 is 0. The van der Waals surface area contributed by atoms with Gasteiger partial charge in [-0.25, -0.2) is 4.79 Å². The van der Waals surface area contributed by atoms with Crippen molar-refractivity contribution in [1.82, 2.24) is 9.24 Å². The van der Waals surface area contributed by atoms with Crippen molar-refractivity contribution in [1.29, 1.82) is 0 Å². The number of nitrogens with two attached hydrogens (primary N) is 1. The molecule has 5 nitrogen and oxygen atoms in total. The van der Waals surface area contributed by atoms with E-state index in [0.29, 0.717) is 22.1 Å². The van der Waals surface area contributed by atoms with Gasteiger partial charge in [0, 0.05) is 6.54 Å². The van der Waals surface area contributed by atoms with Crippen LogP contribution in [-0.2, 0) is 6.54 Å². The summed E-state index contributed by atoms with van der Waals surface area (Å²) in [6.45, 7) is 2.52. The van der Waals surface area contributed by atoms with Gasteiger partial charge in [0.15, 0.2) is 0 Å². The normalized spacial score (nSPS) is 10.8. The summed E-state index contributed by atoms with van der Waals surface area (Å²) in [5.41, 5.74) is -0.278. The maximum absolute atomic E-state index is 11.8. The molecular formula is C11H13N3O2. The largest absolute Gasteiger partial charge is 0.350 e. The molecule has 0 spiro atoms. The summed E-state index contributed by atoms with van der Waals surface area (Å²) < 4.78 is 2.19. The fourth-order valence-corrected chi connectivity index (χ4v) is 1.78. The molecule has 0 aliphatic heterocycles. The van der Waals surface area contributed by atoms with Gasteiger partial charge in [-0.05, 0) is 18.6 Å². The third-order valence-corrected chi connectivity index (χ3v) is 2.53. The van der Waals surface area contributed by atoms with E-state index in [0.717, 1.165) is 6.42 Å². The standard InChI is InChI=1S/C11H13N3O2/c1-2-7-13-9-6-4-3-5-8(9)10(15)14(12)11(13)16/h3-6H,2,7,12H2,1H3. The third kappa shape index (κ3) is 1.41. The zero-order chi connectivity index (χ0) is 11.7. The molecule has 0 bridgehead atoms. The number of aryl methyl sites for hydroxylation is 1. The summed E-state index contributed by atoms with van der Waals surface area (Å²) in [7, 11) is 0. The third-order valence-electron chi connectivity index (χ3n) is 2.53. The van der Waals surface area contributed by atoms with Crippen molar-refractivity contribution in [2.24, 2.45) is 0 Å². The van der Waals surface area contributed by atoms with Crippen molar-refractivity contribution in [2.45, 2.75) is 19.9 Å². The molecule has 1 aromatic carbocycles. The lowest BCUT2D eigenvalue weighted by Gasteiger charge is -2.10. The highest BCUT2D eigenvalue weighted by Gasteiger charge is 2.09. The molecule has 2 aromatic rings. The molecular weight excluding hydrogens is 206 g/mol. The monoisotopic (exact) mass is 219 g/mol. The summed E-state index contributed by atoms with van der Waals surface area (Å²) in [4.78, 5) is 23.5. The second kappa shape index (κ2) is 3.84. The van der Waals surface area contributed by atoms with Crippen LogP contribution in [0.2, 0.25) is 0 Å². The first-order valence-electron chi connectivity index (χ1n) is 5.16. The number of nitrogen functional groups attached to an aromatic ring is 1. The van der Waals surface area contributed by atoms with Crippen LogP contribution in [0.4, 0.5) is 0 Å². The van der Waals surface area contributed by atoms with Crippen molar-refractivity contribution in [3.05, 3.63) is 45.1 Å². The molecule has 5 heteroatoms. The molecule has 0 atom stereocenters. The smallest absolute Gasteiger partial charge is 0.332 e. The molecule has 1 heterocycles. The second-order valence-electron chi connectivity index (χ2n) is 3.63. The number of para-hydroxylation sites is 1. The van der Waals surface area contributed by atoms with Crippen LogP contribution in [0.1, 0.15) is 13.3 Å². The highest BCUT2D eigenvalue weighted by atomic mass is 16.2. The number of rotatable bonds is 2. The molecule has 0 fully saturated rings. The van der Waals surface area contributed by atoms with E-state index in [4.69, 9.17) is 5.84 Å². The molecule has 0 aliphatic rings. The molecule has 0 amide bonds. The first-order chi connectivity index (χ1) is 7.66. The van der Waals surface area contributed by atoms with Crippen molar-refractivity contribution in [3.8, 4) is 0 Å². The second-order valence-corrected chi connectivity index (χ2v) is 3.63. The lowest BCUT2D eigenvalue weighted by atomic mass is 10.2. The molecule has 2 N–H and O–H groups in total. The Balaban J connectivity index is 2.98. The van der Waals surface area contributed by atoms with E-state index in [1.165, 1.54) is 4.57 Å². The number of hydrogen-bond acceptors (Lipinski definition) is 3. The molecule has 0 saturated heterocycles. The zero-order valence-corrected chi connectivity index (χ0v) is 9.01. The minimum Gasteiger partial charge on any atom is -0.332 e. The molecule has 0 aliphatic carbocycles. The van der Waals surface area contributed by atoms with Gasteiger partial charge in [-0.2, -0.15) is 4.68 Å². The highest BCUT2D eigenvalue weighted by Crippen LogP contribution is 2.06. The molecule has 0 radical (unpaired) electrons. The topological polar surface area (TPSA) is 70.0 Å². The average molecular weight is 219 g/mol. The van der Waals surface area contributed by atoms with E-state index in [-0.39, 0.29) is 0 Å². The maximum atomic E-state index is 11.8. The summed E-state index contributed by atoms with van der Waals surface area (Å²) in [5, 5.41) is 0.470. The van der Waals surface area contributed by atoms with Gasteiger partial charge < -0.3 is 5.84 Å². The predicted octanol–water partition coefficient (Wildman–Crippen LogP) is 0.287. The minimum atomic E-state index is -0.467. The van der Waals surface area contributed by atoms with E-state index >= 15 is 0 Å². The fraction of sp³-hybridized carbons (Fsp3) is 0.273. The molecule has 0 saturated carbocycles. The number of fused-ring (bicyclic) bond motifs is 1. The molecule has 1 aromatic heterocycles. The predicted molar refractivity (Wildman–Crippen MR) is 62.9 cm³/mol. The van der Waals surface area contributed by atoms with Gasteiger partial charge in [0.2, 0.25) is 0 Å². The average Bonchev–Trinajstić information content (AvgIpc) is 2.32. The van der Waals surface area contributed by atoms with Gasteiger partial charge in [-0.3, -0.25) is 9.36 Å². The van der Waals surface area contributed by atoms with Crippen molar-refractivity contribution >= 4 is 10.9 Å². The van der Waals surface area contributed by atoms with Crippen LogP contribution in [0.15, 0.2) is 33.9 Å². The number of benzene rings is 1. The first-order valence-corrected chi connectivity index (χ1v) is 5.16. The van der Waals surface area contributed by atoms with Crippen LogP contribution in [0.25, 0.3) is 10.9 Å². The molecule has 16 heavy (non-hydrogen) atoms. The fourth-order valence-electron chi connectivity index (χ4n) is 1.78. The summed E-state index contributed by atoms with van der Waals surface area (Å²) in [5.74, 6) is 5.45. The Morgan fingerprint density at radius 2 is 1.94 bits per heavy atom. The van der Waals surface area contributed by atoms with E-state index in [1.807, 2.05) is 6.92 Å². The van der Waals surface area contributed by atoms with E-state index in [1.54, 1.807) is 24.3 Å². The van der Waals surface area contributed by atoms with Crippen molar-refractivity contribution in [2.75, 3.05) is 5.84 Å². The minimum absolute atomic E-state index is 0.451. The van der Waals surface area contributed by atoms with Crippen LogP contribution < -0.4 is 17.1 Å². The van der Waals surface area contributed by atoms with E-state index in [9.17, 15) is 9.59 Å². The molecule has 2 rings (SSSR count). The van der Waals surface area contributed by atoms with Crippen LogP contribution in [0.3, 0.4) is 0 Å². The van der Waals surface area contributed by atoms with Crippen molar-refractivity contribution in [3.63, 3.8) is 0 Å². The van der Waals surface area contributed by atoms with Gasteiger partial charge in [-0.15, -0.1) is 0 Å². The SMILES string of the molecule is CCCn1c(=O)n(N)c(=O)c2ccccc21. The van der Waals surface area contributed by atoms with Gasteiger partial charge in [-0.1, -0.05) is 19.1 Å². The van der Waals surface area contributed by atoms with Crippen molar-refractivity contribution < 1.29 is 0 Å². The van der Waals surface area contributed by atoms with E-state index < -0.39 is 11.2 Å². The van der Waals surface area contributed by atoms with Crippen LogP contribution >= 0.6 is 0 Å². The number of aromatic nitrogens is 2. The molecule has 0 unspecified atom stereocenters. The van der Waals surface area contributed by atoms with Gasteiger partial charge in [0.05, 0.1) is 10.9 Å². The summed E-state index contributed by atoms with van der Waals surface area (Å²) in [6, 6.07) is 6.99. The first kappa shape index (κ1) is 10.5. The summed E-state index contributed by atoms with van der Waals surface area (Å²) in [6.07, 6.45) is 0.808. The van der Waals surface area contributed by atoms with Gasteiger partial charge in [0.1, 0.15) is 0 Å². The Bertz CT molecular complexity index is 640. The number of nitrogens with zero attached hydrogens (tertiary/aromatic N) is 2. The Labute approximate surface area is 91.7 Å². The quantitative estimate of drug-likeness (QED) is 0.738. The highest BCUT2D eigenvalue weighted by molar-refractivity contribution is 5.77. The Kier molecular flexibility index (Phi) is 2.52. The lowest BCUT2D eigenvalue weighted by molar-refractivity contribution is 0.628. The maximum Gasteiger partial charge on any atom is 0.350 e. The van der Waals surface area contributed by atoms with Crippen LogP contribution in [0.5, 0.6) is 0 Å². The van der Waals surface area contributed by atoms with Crippen LogP contribution in [-0.4, -0.2) is 9.24 Å². The molecule has 84 valence electrons. The van der Waals surface area contributed by atoms with Gasteiger partial charge >= 0.3 is 5.69 Å². The zero-order valence-electron chi connectivity index (χ0n) is 9.01. The number of hydrogen-bond donors (Lipinski definition) is 1. The Morgan fingerprint density at radius 1 is 1.25 bits per heavy atom. The van der Waals surface area contributed by atoms with Gasteiger partial charge in [0.25, 0.3) is 5.56 Å². The van der Waals surface area contributed by atoms with E-state index in [2.05, 4.69) is 0 Å². The Morgan fingerprint density at radius 3 is 2.62 bits per heavy atom. The lowest BCUT2D eigenvalue weighted by Crippen LogP contribution is -2.44. The Hall–Kier alpha value is -2.04. The van der Waals surface area contributed by atoms with Crippen LogP contribution in [0, 0.1) is 0 Å².